The summed E-state index contributed by atoms with van der Waals surface area (Å²) in [6.07, 6.45) is 0.522. The maximum atomic E-state index is 14.3. The number of nitro benzene ring substituents is 1. The van der Waals surface area contributed by atoms with E-state index in [-0.39, 0.29) is 46.7 Å². The fourth-order valence-corrected chi connectivity index (χ4v) is 3.47. The summed E-state index contributed by atoms with van der Waals surface area (Å²) < 4.78 is 31.0. The van der Waals surface area contributed by atoms with Gasteiger partial charge in [-0.1, -0.05) is 11.6 Å². The number of ether oxygens (including phenoxy) is 3. The minimum atomic E-state index is -0.736. The van der Waals surface area contributed by atoms with E-state index in [1.54, 1.807) is 27.7 Å². The van der Waals surface area contributed by atoms with Crippen molar-refractivity contribution in [2.24, 2.45) is 0 Å². The molecule has 0 fully saturated rings. The molecule has 0 aliphatic heterocycles. The highest BCUT2D eigenvalue weighted by atomic mass is 35.5. The second-order valence-corrected chi connectivity index (χ2v) is 9.54. The number of amides is 2. The predicted molar refractivity (Wildman–Crippen MR) is 134 cm³/mol. The molecule has 1 atom stereocenters. The van der Waals surface area contributed by atoms with Crippen LogP contribution in [0.15, 0.2) is 24.4 Å². The first kappa shape index (κ1) is 28.5. The number of carbonyl (C=O) groups is 2. The van der Waals surface area contributed by atoms with Crippen molar-refractivity contribution in [1.29, 1.82) is 0 Å². The molecule has 0 saturated heterocycles. The monoisotopic (exact) mass is 552 g/mol. The third-order valence-electron chi connectivity index (χ3n) is 4.85. The van der Waals surface area contributed by atoms with Crippen molar-refractivity contribution in [1.82, 2.24) is 19.9 Å². The number of fused-ring (bicyclic) bond motifs is 1. The SMILES string of the molecule is COc1cc(F)c(COC[C@@H](C)NC(=O)c2cnc3c(NC(=O)OC(C)(C)C)cc(Cl)nn23)cc1[N+](=O)[O-]. The molecular weight excluding hydrogens is 527 g/mol. The number of anilines is 1. The van der Waals surface area contributed by atoms with Crippen molar-refractivity contribution >= 4 is 40.6 Å². The first-order valence-corrected chi connectivity index (χ1v) is 11.6. The number of aromatic nitrogens is 3. The number of nitrogens with one attached hydrogen (secondary N) is 2. The molecule has 3 rings (SSSR count). The number of hydrogen-bond acceptors (Lipinski definition) is 9. The van der Waals surface area contributed by atoms with Gasteiger partial charge in [0.2, 0.25) is 0 Å². The van der Waals surface area contributed by atoms with E-state index in [1.807, 2.05) is 0 Å². The Morgan fingerprint density at radius 3 is 2.63 bits per heavy atom. The number of hydrogen-bond donors (Lipinski definition) is 2. The molecule has 0 unspecified atom stereocenters. The quantitative estimate of drug-likeness (QED) is 0.294. The number of nitrogens with zero attached hydrogens (tertiary/aromatic N) is 4. The van der Waals surface area contributed by atoms with Crippen LogP contribution in [0.4, 0.5) is 20.6 Å². The van der Waals surface area contributed by atoms with Gasteiger partial charge in [0.25, 0.3) is 5.91 Å². The molecule has 0 saturated carbocycles. The number of methoxy groups -OCH3 is 1. The number of rotatable bonds is 9. The Labute approximate surface area is 221 Å². The van der Waals surface area contributed by atoms with Gasteiger partial charge in [-0.05, 0) is 27.7 Å². The lowest BCUT2D eigenvalue weighted by Crippen LogP contribution is -2.36. The maximum absolute atomic E-state index is 14.3. The molecule has 2 aromatic heterocycles. The normalized spacial score (nSPS) is 12.2. The van der Waals surface area contributed by atoms with Crippen molar-refractivity contribution in [2.75, 3.05) is 19.0 Å². The molecule has 0 spiro atoms. The number of carbonyl (C=O) groups excluding carboxylic acids is 2. The number of nitro groups is 1. The maximum Gasteiger partial charge on any atom is 0.412 e. The average Bonchev–Trinajstić information content (AvgIpc) is 3.22. The van der Waals surface area contributed by atoms with Crippen LogP contribution in [0.25, 0.3) is 5.65 Å². The predicted octanol–water partition coefficient (Wildman–Crippen LogP) is 4.12. The van der Waals surface area contributed by atoms with E-state index in [0.29, 0.717) is 0 Å². The van der Waals surface area contributed by atoms with Gasteiger partial charge in [-0.25, -0.2) is 18.7 Å². The van der Waals surface area contributed by atoms with Gasteiger partial charge in [-0.3, -0.25) is 20.2 Å². The number of halogens is 2. The van der Waals surface area contributed by atoms with Crippen LogP contribution in [-0.2, 0) is 16.1 Å². The highest BCUT2D eigenvalue weighted by Crippen LogP contribution is 2.30. The van der Waals surface area contributed by atoms with Crippen LogP contribution in [0, 0.1) is 15.9 Å². The van der Waals surface area contributed by atoms with Crippen molar-refractivity contribution in [3.05, 3.63) is 56.7 Å². The molecule has 13 nitrogen and oxygen atoms in total. The molecule has 2 amide bonds. The Hall–Kier alpha value is -4.04. The molecule has 2 N–H and O–H groups in total. The van der Waals surface area contributed by atoms with Gasteiger partial charge in [-0.2, -0.15) is 5.10 Å². The van der Waals surface area contributed by atoms with Gasteiger partial charge in [0.05, 0.1) is 37.1 Å². The van der Waals surface area contributed by atoms with Crippen molar-refractivity contribution in [2.45, 2.75) is 45.9 Å². The summed E-state index contributed by atoms with van der Waals surface area (Å²) >= 11 is 6.08. The Bertz CT molecular complexity index is 1370. The summed E-state index contributed by atoms with van der Waals surface area (Å²) in [5.41, 5.74) is -0.798. The highest BCUT2D eigenvalue weighted by Gasteiger charge is 2.22. The van der Waals surface area contributed by atoms with Gasteiger partial charge in [0.1, 0.15) is 11.4 Å². The fourth-order valence-electron chi connectivity index (χ4n) is 3.29. The van der Waals surface area contributed by atoms with E-state index in [2.05, 4.69) is 20.7 Å². The topological polar surface area (TPSA) is 159 Å². The Morgan fingerprint density at radius 2 is 2.00 bits per heavy atom. The summed E-state index contributed by atoms with van der Waals surface area (Å²) in [6, 6.07) is 2.77. The van der Waals surface area contributed by atoms with Crippen LogP contribution in [0.5, 0.6) is 5.75 Å². The zero-order valence-corrected chi connectivity index (χ0v) is 22.0. The number of imidazole rings is 1. The second-order valence-electron chi connectivity index (χ2n) is 9.15. The largest absolute Gasteiger partial charge is 0.490 e. The molecular formula is C23H26ClFN6O7. The van der Waals surface area contributed by atoms with Crippen molar-refractivity contribution in [3.63, 3.8) is 0 Å². The first-order valence-electron chi connectivity index (χ1n) is 11.2. The fraction of sp³-hybridized carbons (Fsp3) is 0.391. The number of benzene rings is 1. The van der Waals surface area contributed by atoms with E-state index < -0.39 is 40.1 Å². The van der Waals surface area contributed by atoms with Crippen LogP contribution >= 0.6 is 11.6 Å². The molecule has 204 valence electrons. The molecule has 3 aromatic rings. The molecule has 0 bridgehead atoms. The van der Waals surface area contributed by atoms with Crippen LogP contribution in [-0.4, -0.2) is 56.9 Å². The van der Waals surface area contributed by atoms with Gasteiger partial charge in [0.15, 0.2) is 22.2 Å². The smallest absolute Gasteiger partial charge is 0.412 e. The highest BCUT2D eigenvalue weighted by molar-refractivity contribution is 6.29. The lowest BCUT2D eigenvalue weighted by atomic mass is 10.2. The summed E-state index contributed by atoms with van der Waals surface area (Å²) in [7, 11) is 1.20. The molecule has 0 radical (unpaired) electrons. The molecule has 38 heavy (non-hydrogen) atoms. The van der Waals surface area contributed by atoms with E-state index in [9.17, 15) is 24.1 Å². The molecule has 2 heterocycles. The summed E-state index contributed by atoms with van der Waals surface area (Å²) in [4.78, 5) is 39.7. The minimum absolute atomic E-state index is 0.0115. The van der Waals surface area contributed by atoms with Gasteiger partial charge in [-0.15, -0.1) is 0 Å². The Kier molecular flexibility index (Phi) is 8.68. The summed E-state index contributed by atoms with van der Waals surface area (Å²) in [5.74, 6) is -1.51. The average molecular weight is 553 g/mol. The first-order chi connectivity index (χ1) is 17.8. The lowest BCUT2D eigenvalue weighted by Gasteiger charge is -2.19. The van der Waals surface area contributed by atoms with Gasteiger partial charge >= 0.3 is 11.8 Å². The van der Waals surface area contributed by atoms with Crippen LogP contribution in [0.3, 0.4) is 0 Å². The Balaban J connectivity index is 1.66. The molecule has 1 aromatic carbocycles. The van der Waals surface area contributed by atoms with Crippen molar-refractivity contribution < 1.29 is 33.1 Å². The zero-order valence-electron chi connectivity index (χ0n) is 21.2. The van der Waals surface area contributed by atoms with Crippen LogP contribution < -0.4 is 15.4 Å². The van der Waals surface area contributed by atoms with E-state index in [1.165, 1.54) is 23.9 Å². The second kappa shape index (κ2) is 11.6. The summed E-state index contributed by atoms with van der Waals surface area (Å²) in [5, 5.41) is 20.5. The molecule has 0 aliphatic rings. The van der Waals surface area contributed by atoms with Gasteiger partial charge in [0, 0.05) is 29.8 Å². The standard InChI is InChI=1S/C23H26ClFN6O7/c1-12(10-37-11-13-6-16(31(34)35)18(36-5)7-14(13)25)27-21(32)17-9-26-20-15(8-19(24)29-30(17)20)28-22(33)38-23(2,3)4/h6-9,12H,10-11H2,1-5H3,(H,27,32)(H,28,33)/t12-/m1/s1. The summed E-state index contributed by atoms with van der Waals surface area (Å²) in [6.45, 7) is 6.46. The minimum Gasteiger partial charge on any atom is -0.490 e. The van der Waals surface area contributed by atoms with Crippen molar-refractivity contribution in [3.8, 4) is 5.75 Å². The zero-order chi connectivity index (χ0) is 28.2. The third-order valence-corrected chi connectivity index (χ3v) is 5.04. The third kappa shape index (κ3) is 7.04. The molecule has 15 heteroatoms. The van der Waals surface area contributed by atoms with E-state index >= 15 is 0 Å². The molecule has 0 aliphatic carbocycles. The Morgan fingerprint density at radius 1 is 1.29 bits per heavy atom. The van der Waals surface area contributed by atoms with Crippen LogP contribution in [0.2, 0.25) is 5.15 Å². The van der Waals surface area contributed by atoms with Gasteiger partial charge < -0.3 is 19.5 Å². The lowest BCUT2D eigenvalue weighted by molar-refractivity contribution is -0.385. The van der Waals surface area contributed by atoms with Crippen LogP contribution in [0.1, 0.15) is 43.7 Å². The van der Waals surface area contributed by atoms with E-state index in [4.69, 9.17) is 25.8 Å². The van der Waals surface area contributed by atoms with E-state index in [0.717, 1.165) is 12.1 Å².